The van der Waals surface area contributed by atoms with Gasteiger partial charge in [-0.2, -0.15) is 0 Å². The van der Waals surface area contributed by atoms with Crippen LogP contribution in [0.1, 0.15) is 16.8 Å². The highest BCUT2D eigenvalue weighted by Crippen LogP contribution is 2.52. The highest BCUT2D eigenvalue weighted by Gasteiger charge is 2.60. The van der Waals surface area contributed by atoms with Gasteiger partial charge in [0.05, 0.1) is 12.7 Å². The second kappa shape index (κ2) is 5.47. The number of methoxy groups -OCH3 is 1. The number of fused-ring (bicyclic) bond motifs is 4. The van der Waals surface area contributed by atoms with Gasteiger partial charge >= 0.3 is 5.97 Å². The van der Waals surface area contributed by atoms with Gasteiger partial charge in [0.15, 0.2) is 0 Å². The Bertz CT molecular complexity index is 1110. The van der Waals surface area contributed by atoms with E-state index < -0.39 is 22.9 Å². The zero-order chi connectivity index (χ0) is 19.5. The molecule has 1 amide bonds. The highest BCUT2D eigenvalue weighted by atomic mass is 16.5. The number of carbonyl (C=O) groups is 2. The molecule has 0 aliphatic carbocycles. The highest BCUT2D eigenvalue weighted by molar-refractivity contribution is 6.17. The molecule has 0 fully saturated rings. The summed E-state index contributed by atoms with van der Waals surface area (Å²) in [5.41, 5.74) is 5.24. The Morgan fingerprint density at radius 3 is 2.70 bits per heavy atom. The van der Waals surface area contributed by atoms with Crippen LogP contribution >= 0.6 is 0 Å². The fraction of sp³-hybridized carbons (Fsp3) is 0.211. The van der Waals surface area contributed by atoms with E-state index in [9.17, 15) is 14.4 Å². The molecular formula is C19H17N3O5. The molecule has 4 rings (SSSR count). The third kappa shape index (κ3) is 1.95. The Kier molecular flexibility index (Phi) is 3.42. The minimum absolute atomic E-state index is 0.0349. The summed E-state index contributed by atoms with van der Waals surface area (Å²) in [5, 5.41) is 2.75. The summed E-state index contributed by atoms with van der Waals surface area (Å²) in [4.78, 5) is 39.1. The first kappa shape index (κ1) is 16.9. The summed E-state index contributed by atoms with van der Waals surface area (Å²) in [6.07, 6.45) is 0. The van der Waals surface area contributed by atoms with E-state index in [1.54, 1.807) is 44.3 Å². The molecule has 1 aromatic carbocycles. The van der Waals surface area contributed by atoms with E-state index in [-0.39, 0.29) is 22.8 Å². The lowest BCUT2D eigenvalue weighted by Gasteiger charge is -2.35. The lowest BCUT2D eigenvalue weighted by Crippen LogP contribution is -2.49. The van der Waals surface area contributed by atoms with Crippen LogP contribution in [0.4, 0.5) is 5.69 Å². The van der Waals surface area contributed by atoms with Crippen molar-refractivity contribution in [2.75, 3.05) is 12.4 Å². The van der Waals surface area contributed by atoms with Crippen molar-refractivity contribution < 1.29 is 19.1 Å². The third-order valence-electron chi connectivity index (χ3n) is 5.16. The van der Waals surface area contributed by atoms with Crippen molar-refractivity contribution in [3.63, 3.8) is 0 Å². The van der Waals surface area contributed by atoms with Gasteiger partial charge in [-0.1, -0.05) is 18.2 Å². The van der Waals surface area contributed by atoms with Crippen LogP contribution in [0.15, 0.2) is 46.6 Å². The van der Waals surface area contributed by atoms with Gasteiger partial charge in [0.25, 0.3) is 5.56 Å². The van der Waals surface area contributed by atoms with Gasteiger partial charge in [-0.15, -0.1) is 0 Å². The fourth-order valence-electron chi connectivity index (χ4n) is 3.81. The number of anilines is 1. The number of carbonyl (C=O) groups excluding carboxylic acids is 2. The SMILES string of the molecule is COC(=O)C1=C(N)Oc2cc(C)n(C)c(=O)c2[C@@]12C(=O)Nc1ccccc12. The molecule has 2 aromatic rings. The van der Waals surface area contributed by atoms with Crippen molar-refractivity contribution >= 4 is 17.6 Å². The number of hydrogen-bond donors (Lipinski definition) is 2. The molecule has 0 bridgehead atoms. The second-order valence-corrected chi connectivity index (χ2v) is 6.47. The summed E-state index contributed by atoms with van der Waals surface area (Å²) in [5.74, 6) is -1.52. The lowest BCUT2D eigenvalue weighted by molar-refractivity contribution is -0.138. The number of amides is 1. The van der Waals surface area contributed by atoms with Crippen LogP contribution in [0.3, 0.4) is 0 Å². The number of pyridine rings is 1. The van der Waals surface area contributed by atoms with Gasteiger partial charge < -0.3 is 25.1 Å². The zero-order valence-electron chi connectivity index (χ0n) is 15.0. The summed E-state index contributed by atoms with van der Waals surface area (Å²) < 4.78 is 11.9. The molecule has 2 aliphatic rings. The quantitative estimate of drug-likeness (QED) is 0.717. The molecule has 8 heteroatoms. The zero-order valence-corrected chi connectivity index (χ0v) is 15.0. The molecule has 1 spiro atoms. The van der Waals surface area contributed by atoms with E-state index >= 15 is 0 Å². The van der Waals surface area contributed by atoms with E-state index in [2.05, 4.69) is 5.32 Å². The molecule has 27 heavy (non-hydrogen) atoms. The number of nitrogens with zero attached hydrogens (tertiary/aromatic N) is 1. The van der Waals surface area contributed by atoms with Gasteiger partial charge in [0.1, 0.15) is 16.7 Å². The van der Waals surface area contributed by atoms with E-state index in [1.807, 2.05) is 0 Å². The summed E-state index contributed by atoms with van der Waals surface area (Å²) in [6, 6.07) is 8.46. The van der Waals surface area contributed by atoms with Crippen LogP contribution in [0, 0.1) is 6.92 Å². The molecular weight excluding hydrogens is 350 g/mol. The Balaban J connectivity index is 2.22. The average molecular weight is 367 g/mol. The fourth-order valence-corrected chi connectivity index (χ4v) is 3.81. The minimum Gasteiger partial charge on any atom is -0.465 e. The van der Waals surface area contributed by atoms with Crippen LogP contribution in [-0.4, -0.2) is 23.6 Å². The van der Waals surface area contributed by atoms with Crippen LogP contribution in [0.2, 0.25) is 0 Å². The van der Waals surface area contributed by atoms with E-state index in [0.29, 0.717) is 16.9 Å². The van der Waals surface area contributed by atoms with Crippen LogP contribution in [0.25, 0.3) is 0 Å². The topological polar surface area (TPSA) is 113 Å². The van der Waals surface area contributed by atoms with Gasteiger partial charge in [-0.25, -0.2) is 4.79 Å². The molecule has 0 unspecified atom stereocenters. The van der Waals surface area contributed by atoms with Gasteiger partial charge in [-0.05, 0) is 13.0 Å². The van der Waals surface area contributed by atoms with Crippen LogP contribution < -0.4 is 21.3 Å². The minimum atomic E-state index is -1.75. The molecule has 1 aromatic heterocycles. The molecule has 0 saturated heterocycles. The number of benzene rings is 1. The van der Waals surface area contributed by atoms with Gasteiger partial charge in [0, 0.05) is 30.1 Å². The van der Waals surface area contributed by atoms with Crippen molar-refractivity contribution in [2.45, 2.75) is 12.3 Å². The maximum absolute atomic E-state index is 13.3. The van der Waals surface area contributed by atoms with Crippen molar-refractivity contribution in [1.82, 2.24) is 4.57 Å². The molecule has 1 atom stereocenters. The van der Waals surface area contributed by atoms with Crippen LogP contribution in [0.5, 0.6) is 5.75 Å². The summed E-state index contributed by atoms with van der Waals surface area (Å²) in [6.45, 7) is 1.73. The first-order valence-electron chi connectivity index (χ1n) is 8.22. The smallest absolute Gasteiger partial charge is 0.340 e. The number of nitrogens with two attached hydrogens (primary N) is 1. The Morgan fingerprint density at radius 2 is 2.00 bits per heavy atom. The van der Waals surface area contributed by atoms with Gasteiger partial charge in [0.2, 0.25) is 11.8 Å². The largest absolute Gasteiger partial charge is 0.465 e. The first-order valence-corrected chi connectivity index (χ1v) is 8.22. The maximum atomic E-state index is 13.3. The summed E-state index contributed by atoms with van der Waals surface area (Å²) >= 11 is 0. The van der Waals surface area contributed by atoms with Crippen molar-refractivity contribution in [2.24, 2.45) is 12.8 Å². The second-order valence-electron chi connectivity index (χ2n) is 6.47. The van der Waals surface area contributed by atoms with Crippen LogP contribution in [-0.2, 0) is 26.8 Å². The number of ether oxygens (including phenoxy) is 2. The molecule has 2 aliphatic heterocycles. The summed E-state index contributed by atoms with van der Waals surface area (Å²) in [7, 11) is 2.77. The van der Waals surface area contributed by atoms with E-state index in [4.69, 9.17) is 15.2 Å². The lowest BCUT2D eigenvalue weighted by atomic mass is 9.68. The van der Waals surface area contributed by atoms with E-state index in [1.165, 1.54) is 11.7 Å². The molecule has 3 N–H and O–H groups in total. The predicted octanol–water partition coefficient (Wildman–Crippen LogP) is 0.668. The van der Waals surface area contributed by atoms with Gasteiger partial charge in [-0.3, -0.25) is 9.59 Å². The Hall–Kier alpha value is -3.55. The number of aromatic nitrogens is 1. The van der Waals surface area contributed by atoms with Crippen molar-refractivity contribution in [3.8, 4) is 5.75 Å². The maximum Gasteiger partial charge on any atom is 0.340 e. The first-order chi connectivity index (χ1) is 12.8. The number of hydrogen-bond acceptors (Lipinski definition) is 6. The normalized spacial score (nSPS) is 20.0. The third-order valence-corrected chi connectivity index (χ3v) is 5.16. The number of para-hydroxylation sites is 1. The molecule has 8 nitrogen and oxygen atoms in total. The number of esters is 1. The van der Waals surface area contributed by atoms with Crippen molar-refractivity contribution in [1.29, 1.82) is 0 Å². The monoisotopic (exact) mass is 367 g/mol. The molecule has 0 saturated carbocycles. The molecule has 0 radical (unpaired) electrons. The van der Waals surface area contributed by atoms with E-state index in [0.717, 1.165) is 0 Å². The van der Waals surface area contributed by atoms with Crippen molar-refractivity contribution in [3.05, 3.63) is 69.0 Å². The predicted molar refractivity (Wildman–Crippen MR) is 96.1 cm³/mol. The average Bonchev–Trinajstić information content (AvgIpc) is 2.92. The number of aryl methyl sites for hydroxylation is 1. The number of rotatable bonds is 1. The Morgan fingerprint density at radius 1 is 1.30 bits per heavy atom. The molecule has 138 valence electrons. The standard InChI is InChI=1S/C19H17N3O5/c1-9-8-12-13(16(23)22(9)2)19(14(15(20)27-12)17(24)26-3)10-6-4-5-7-11(10)21-18(19)25/h4-8H,20H2,1-3H3,(H,21,25)/t19-/m1/s1. The number of nitrogens with one attached hydrogen (secondary N) is 1. The molecule has 3 heterocycles. The Labute approximate surface area is 154 Å².